The van der Waals surface area contributed by atoms with Crippen LogP contribution in [-0.4, -0.2) is 20.2 Å². The lowest BCUT2D eigenvalue weighted by Crippen LogP contribution is -2.22. The number of sulfonamides is 1. The summed E-state index contributed by atoms with van der Waals surface area (Å²) in [5.74, 6) is 0. The summed E-state index contributed by atoms with van der Waals surface area (Å²) in [5.41, 5.74) is 1.75. The monoisotopic (exact) mass is 270 g/mol. The van der Waals surface area contributed by atoms with Gasteiger partial charge in [-0.25, -0.2) is 8.42 Å². The van der Waals surface area contributed by atoms with Crippen molar-refractivity contribution >= 4 is 15.7 Å². The minimum Gasteiger partial charge on any atom is -0.310 e. The number of hydrogen-bond acceptors (Lipinski definition) is 3. The van der Waals surface area contributed by atoms with E-state index in [9.17, 15) is 8.42 Å². The molecule has 0 aliphatic carbocycles. The van der Waals surface area contributed by atoms with Gasteiger partial charge in [0.25, 0.3) is 0 Å². The SMILES string of the molecule is CCNC(C)c1ccc(NS(=O)(=O)C(C)C)cc1. The molecule has 0 amide bonds. The van der Waals surface area contributed by atoms with Crippen molar-refractivity contribution in [2.24, 2.45) is 0 Å². The molecule has 1 unspecified atom stereocenters. The summed E-state index contributed by atoms with van der Waals surface area (Å²) < 4.78 is 26.0. The molecule has 0 bridgehead atoms. The van der Waals surface area contributed by atoms with Crippen LogP contribution in [0.15, 0.2) is 24.3 Å². The zero-order valence-electron chi connectivity index (χ0n) is 11.4. The van der Waals surface area contributed by atoms with E-state index in [1.807, 2.05) is 12.1 Å². The van der Waals surface area contributed by atoms with Crippen molar-refractivity contribution < 1.29 is 8.42 Å². The Labute approximate surface area is 110 Å². The van der Waals surface area contributed by atoms with E-state index in [-0.39, 0.29) is 6.04 Å². The highest BCUT2D eigenvalue weighted by Gasteiger charge is 2.15. The lowest BCUT2D eigenvalue weighted by molar-refractivity contribution is 0.592. The zero-order valence-corrected chi connectivity index (χ0v) is 12.2. The van der Waals surface area contributed by atoms with Crippen LogP contribution in [0.4, 0.5) is 5.69 Å². The molecule has 0 aromatic heterocycles. The summed E-state index contributed by atoms with van der Waals surface area (Å²) in [5, 5.41) is 2.88. The average Bonchev–Trinajstić information content (AvgIpc) is 2.29. The fourth-order valence-electron chi connectivity index (χ4n) is 1.55. The second-order valence-electron chi connectivity index (χ2n) is 4.60. The van der Waals surface area contributed by atoms with E-state index < -0.39 is 15.3 Å². The summed E-state index contributed by atoms with van der Waals surface area (Å²) >= 11 is 0. The van der Waals surface area contributed by atoms with E-state index in [1.54, 1.807) is 26.0 Å². The zero-order chi connectivity index (χ0) is 13.8. The Morgan fingerprint density at radius 1 is 1.11 bits per heavy atom. The van der Waals surface area contributed by atoms with Crippen molar-refractivity contribution in [2.75, 3.05) is 11.3 Å². The summed E-state index contributed by atoms with van der Waals surface area (Å²) in [7, 11) is -3.26. The molecule has 0 spiro atoms. The fourth-order valence-corrected chi connectivity index (χ4v) is 2.25. The Hall–Kier alpha value is -1.07. The molecule has 102 valence electrons. The third-order valence-corrected chi connectivity index (χ3v) is 4.56. The molecule has 1 atom stereocenters. The van der Waals surface area contributed by atoms with Crippen molar-refractivity contribution in [1.82, 2.24) is 5.32 Å². The molecule has 0 saturated heterocycles. The lowest BCUT2D eigenvalue weighted by atomic mass is 10.1. The topological polar surface area (TPSA) is 58.2 Å². The maximum atomic E-state index is 11.7. The number of hydrogen-bond donors (Lipinski definition) is 2. The smallest absolute Gasteiger partial charge is 0.235 e. The van der Waals surface area contributed by atoms with Crippen LogP contribution in [0, 0.1) is 0 Å². The van der Waals surface area contributed by atoms with Crippen LogP contribution in [0.3, 0.4) is 0 Å². The van der Waals surface area contributed by atoms with Gasteiger partial charge in [0.1, 0.15) is 0 Å². The molecule has 2 N–H and O–H groups in total. The normalized spacial score (nSPS) is 13.6. The van der Waals surface area contributed by atoms with Gasteiger partial charge in [-0.15, -0.1) is 0 Å². The van der Waals surface area contributed by atoms with Crippen molar-refractivity contribution in [1.29, 1.82) is 0 Å². The van der Waals surface area contributed by atoms with Gasteiger partial charge >= 0.3 is 0 Å². The van der Waals surface area contributed by atoms with Crippen LogP contribution < -0.4 is 10.0 Å². The Bertz CT molecular complexity index is 466. The minimum atomic E-state index is -3.26. The molecule has 0 fully saturated rings. The Kier molecular flexibility index (Phi) is 5.16. The standard InChI is InChI=1S/C13H22N2O2S/c1-5-14-11(4)12-6-8-13(9-7-12)15-18(16,17)10(2)3/h6-11,14-15H,5H2,1-4H3. The average molecular weight is 270 g/mol. The Morgan fingerprint density at radius 3 is 2.11 bits per heavy atom. The molecule has 0 heterocycles. The third kappa shape index (κ3) is 3.99. The van der Waals surface area contributed by atoms with Gasteiger partial charge in [0, 0.05) is 11.7 Å². The minimum absolute atomic E-state index is 0.269. The van der Waals surface area contributed by atoms with E-state index >= 15 is 0 Å². The van der Waals surface area contributed by atoms with Crippen LogP contribution in [-0.2, 0) is 10.0 Å². The number of nitrogens with one attached hydrogen (secondary N) is 2. The van der Waals surface area contributed by atoms with Crippen molar-refractivity contribution in [3.63, 3.8) is 0 Å². The molecule has 18 heavy (non-hydrogen) atoms. The predicted octanol–water partition coefficient (Wildman–Crippen LogP) is 2.51. The van der Waals surface area contributed by atoms with Crippen molar-refractivity contribution in [2.45, 2.75) is 39.0 Å². The molecule has 1 aromatic rings. The highest BCUT2D eigenvalue weighted by atomic mass is 32.2. The first-order chi connectivity index (χ1) is 8.36. The van der Waals surface area contributed by atoms with Crippen LogP contribution >= 0.6 is 0 Å². The Morgan fingerprint density at radius 2 is 1.67 bits per heavy atom. The van der Waals surface area contributed by atoms with Crippen LogP contribution in [0.25, 0.3) is 0 Å². The van der Waals surface area contributed by atoms with Gasteiger partial charge in [0.05, 0.1) is 5.25 Å². The first-order valence-corrected chi connectivity index (χ1v) is 7.76. The summed E-state index contributed by atoms with van der Waals surface area (Å²) in [6.45, 7) is 8.36. The molecule has 1 aromatic carbocycles. The number of benzene rings is 1. The fraction of sp³-hybridized carbons (Fsp3) is 0.538. The molecule has 0 aliphatic heterocycles. The van der Waals surface area contributed by atoms with Crippen LogP contribution in [0.2, 0.25) is 0 Å². The van der Waals surface area contributed by atoms with E-state index in [1.165, 1.54) is 0 Å². The number of rotatable bonds is 6. The van der Waals surface area contributed by atoms with Gasteiger partial charge in [0.2, 0.25) is 10.0 Å². The van der Waals surface area contributed by atoms with E-state index in [0.717, 1.165) is 12.1 Å². The van der Waals surface area contributed by atoms with Gasteiger partial charge < -0.3 is 5.32 Å². The molecule has 0 saturated carbocycles. The highest BCUT2D eigenvalue weighted by molar-refractivity contribution is 7.93. The van der Waals surface area contributed by atoms with E-state index in [0.29, 0.717) is 5.69 Å². The van der Waals surface area contributed by atoms with E-state index in [2.05, 4.69) is 23.9 Å². The maximum absolute atomic E-state index is 11.7. The van der Waals surface area contributed by atoms with Crippen LogP contribution in [0.1, 0.15) is 39.3 Å². The first-order valence-electron chi connectivity index (χ1n) is 6.21. The third-order valence-electron chi connectivity index (χ3n) is 2.80. The quantitative estimate of drug-likeness (QED) is 0.835. The molecule has 1 rings (SSSR count). The van der Waals surface area contributed by atoms with Crippen molar-refractivity contribution in [3.8, 4) is 0 Å². The largest absolute Gasteiger partial charge is 0.310 e. The molecular formula is C13H22N2O2S. The van der Waals surface area contributed by atoms with Gasteiger partial charge in [-0.1, -0.05) is 19.1 Å². The van der Waals surface area contributed by atoms with E-state index in [4.69, 9.17) is 0 Å². The van der Waals surface area contributed by atoms with Gasteiger partial charge in [-0.05, 0) is 45.0 Å². The van der Waals surface area contributed by atoms with Gasteiger partial charge in [-0.2, -0.15) is 0 Å². The molecule has 0 radical (unpaired) electrons. The summed E-state index contributed by atoms with van der Waals surface area (Å²) in [6.07, 6.45) is 0. The molecule has 4 nitrogen and oxygen atoms in total. The van der Waals surface area contributed by atoms with Gasteiger partial charge in [-0.3, -0.25) is 4.72 Å². The Balaban J connectivity index is 2.78. The van der Waals surface area contributed by atoms with Gasteiger partial charge in [0.15, 0.2) is 0 Å². The highest BCUT2D eigenvalue weighted by Crippen LogP contribution is 2.17. The van der Waals surface area contributed by atoms with Crippen molar-refractivity contribution in [3.05, 3.63) is 29.8 Å². The molecule has 0 aliphatic rings. The maximum Gasteiger partial charge on any atom is 0.235 e. The second kappa shape index (κ2) is 6.20. The summed E-state index contributed by atoms with van der Waals surface area (Å²) in [4.78, 5) is 0. The molecular weight excluding hydrogens is 248 g/mol. The number of anilines is 1. The van der Waals surface area contributed by atoms with Crippen LogP contribution in [0.5, 0.6) is 0 Å². The predicted molar refractivity (Wildman–Crippen MR) is 76.2 cm³/mol. The second-order valence-corrected chi connectivity index (χ2v) is 6.83. The molecule has 5 heteroatoms. The first kappa shape index (κ1) is 15.0. The summed E-state index contributed by atoms with van der Waals surface area (Å²) in [6, 6.07) is 7.73. The lowest BCUT2D eigenvalue weighted by Gasteiger charge is -2.14.